The molecule has 2 rings (SSSR count). The molecule has 1 aliphatic rings. The fraction of sp³-hybridized carbons (Fsp3) is 0.615. The van der Waals surface area contributed by atoms with Gasteiger partial charge in [-0.3, -0.25) is 4.98 Å². The van der Waals surface area contributed by atoms with Crippen molar-refractivity contribution in [1.82, 2.24) is 9.88 Å². The van der Waals surface area contributed by atoms with Crippen LogP contribution in [0.4, 0.5) is 0 Å². The van der Waals surface area contributed by atoms with Crippen molar-refractivity contribution in [3.8, 4) is 0 Å². The Labute approximate surface area is 97.7 Å². The molecule has 2 N–H and O–H groups in total. The van der Waals surface area contributed by atoms with Gasteiger partial charge in [-0.1, -0.05) is 6.92 Å². The molecule has 0 saturated carbocycles. The summed E-state index contributed by atoms with van der Waals surface area (Å²) in [5.74, 6) is 0.631. The Morgan fingerprint density at radius 1 is 1.44 bits per heavy atom. The van der Waals surface area contributed by atoms with Gasteiger partial charge in [0.25, 0.3) is 0 Å². The minimum absolute atomic E-state index is 0.400. The molecule has 0 radical (unpaired) electrons. The fourth-order valence-electron chi connectivity index (χ4n) is 2.29. The van der Waals surface area contributed by atoms with Gasteiger partial charge in [0.05, 0.1) is 0 Å². The van der Waals surface area contributed by atoms with E-state index in [9.17, 15) is 0 Å². The zero-order valence-corrected chi connectivity index (χ0v) is 9.97. The van der Waals surface area contributed by atoms with Gasteiger partial charge in [0, 0.05) is 31.5 Å². The van der Waals surface area contributed by atoms with E-state index in [1.54, 1.807) is 0 Å². The van der Waals surface area contributed by atoms with Crippen molar-refractivity contribution in [2.75, 3.05) is 19.6 Å². The number of hydrogen-bond donors (Lipinski definition) is 1. The van der Waals surface area contributed by atoms with E-state index in [4.69, 9.17) is 5.73 Å². The summed E-state index contributed by atoms with van der Waals surface area (Å²) < 4.78 is 0. The molecule has 1 aromatic rings. The fourth-order valence-corrected chi connectivity index (χ4v) is 2.29. The number of nitrogens with two attached hydrogens (primary N) is 1. The predicted molar refractivity (Wildman–Crippen MR) is 66.1 cm³/mol. The van der Waals surface area contributed by atoms with Crippen molar-refractivity contribution < 1.29 is 0 Å². The molecule has 2 atom stereocenters. The first-order chi connectivity index (χ1) is 7.75. The van der Waals surface area contributed by atoms with Crippen molar-refractivity contribution in [3.63, 3.8) is 0 Å². The van der Waals surface area contributed by atoms with Crippen molar-refractivity contribution in [3.05, 3.63) is 30.1 Å². The summed E-state index contributed by atoms with van der Waals surface area (Å²) in [5.41, 5.74) is 7.39. The third-order valence-electron chi connectivity index (χ3n) is 3.52. The summed E-state index contributed by atoms with van der Waals surface area (Å²) >= 11 is 0. The van der Waals surface area contributed by atoms with Crippen LogP contribution in [0, 0.1) is 5.92 Å². The Kier molecular flexibility index (Phi) is 3.91. The van der Waals surface area contributed by atoms with Crippen LogP contribution < -0.4 is 5.73 Å². The number of nitrogens with zero attached hydrogens (tertiary/aromatic N) is 2. The number of likely N-dealkylation sites (tertiary alicyclic amines) is 1. The number of piperidine rings is 1. The monoisotopic (exact) mass is 219 g/mol. The molecule has 2 unspecified atom stereocenters. The third-order valence-corrected chi connectivity index (χ3v) is 3.52. The van der Waals surface area contributed by atoms with Crippen LogP contribution in [0.5, 0.6) is 0 Å². The van der Waals surface area contributed by atoms with Gasteiger partial charge in [-0.15, -0.1) is 0 Å². The highest BCUT2D eigenvalue weighted by Gasteiger charge is 2.22. The lowest BCUT2D eigenvalue weighted by atomic mass is 9.94. The summed E-state index contributed by atoms with van der Waals surface area (Å²) in [6.45, 7) is 5.69. The molecule has 0 aliphatic carbocycles. The summed E-state index contributed by atoms with van der Waals surface area (Å²) in [6, 6.07) is 4.59. The molecule has 16 heavy (non-hydrogen) atoms. The van der Waals surface area contributed by atoms with Crippen molar-refractivity contribution in [2.24, 2.45) is 11.7 Å². The van der Waals surface area contributed by atoms with Crippen molar-refractivity contribution in [1.29, 1.82) is 0 Å². The molecule has 3 nitrogen and oxygen atoms in total. The summed E-state index contributed by atoms with van der Waals surface area (Å²) in [4.78, 5) is 6.55. The second kappa shape index (κ2) is 5.41. The maximum atomic E-state index is 6.01. The van der Waals surface area contributed by atoms with E-state index in [1.807, 2.05) is 12.4 Å². The van der Waals surface area contributed by atoms with E-state index < -0.39 is 0 Å². The lowest BCUT2D eigenvalue weighted by molar-refractivity contribution is 0.166. The highest BCUT2D eigenvalue weighted by atomic mass is 15.1. The first-order valence-corrected chi connectivity index (χ1v) is 6.12. The number of pyridine rings is 1. The molecule has 1 aromatic heterocycles. The number of hydrogen-bond acceptors (Lipinski definition) is 3. The lowest BCUT2D eigenvalue weighted by Gasteiger charge is -2.35. The van der Waals surface area contributed by atoms with Gasteiger partial charge >= 0.3 is 0 Å². The summed E-state index contributed by atoms with van der Waals surface area (Å²) in [6.07, 6.45) is 5.98. The molecule has 88 valence electrons. The Morgan fingerprint density at radius 2 is 2.19 bits per heavy atom. The van der Waals surface area contributed by atoms with E-state index in [-0.39, 0.29) is 0 Å². The largest absolute Gasteiger partial charge is 0.327 e. The predicted octanol–water partition coefficient (Wildman–Crippen LogP) is 1.29. The normalized spacial score (nSPS) is 26.9. The highest BCUT2D eigenvalue weighted by Crippen LogP contribution is 2.15. The smallest absolute Gasteiger partial charge is 0.0270 e. The quantitative estimate of drug-likeness (QED) is 0.833. The molecule has 2 heterocycles. The van der Waals surface area contributed by atoms with Gasteiger partial charge in [0.15, 0.2) is 0 Å². The average Bonchev–Trinajstić information content (AvgIpc) is 2.32. The van der Waals surface area contributed by atoms with E-state index >= 15 is 0 Å². The number of rotatable bonds is 3. The molecule has 1 saturated heterocycles. The Morgan fingerprint density at radius 3 is 2.88 bits per heavy atom. The van der Waals surface area contributed by atoms with Gasteiger partial charge in [-0.25, -0.2) is 0 Å². The zero-order chi connectivity index (χ0) is 11.4. The van der Waals surface area contributed by atoms with Crippen LogP contribution in [0.3, 0.4) is 0 Å². The van der Waals surface area contributed by atoms with Crippen LogP contribution >= 0.6 is 0 Å². The second-order valence-electron chi connectivity index (χ2n) is 4.84. The van der Waals surface area contributed by atoms with E-state index in [2.05, 4.69) is 28.9 Å². The molecular weight excluding hydrogens is 198 g/mol. The average molecular weight is 219 g/mol. The first-order valence-electron chi connectivity index (χ1n) is 6.12. The minimum atomic E-state index is 0.400. The maximum Gasteiger partial charge on any atom is 0.0270 e. The minimum Gasteiger partial charge on any atom is -0.327 e. The molecule has 0 bridgehead atoms. The van der Waals surface area contributed by atoms with Gasteiger partial charge in [-0.2, -0.15) is 0 Å². The standard InChI is InChI=1S/C13H21N3/c1-11-10-16(9-5-13(11)14)8-4-12-2-6-15-7-3-12/h2-3,6-7,11,13H,4-5,8-10,14H2,1H3. The van der Waals surface area contributed by atoms with Crippen LogP contribution in [0.2, 0.25) is 0 Å². The molecule has 1 fully saturated rings. The second-order valence-corrected chi connectivity index (χ2v) is 4.84. The summed E-state index contributed by atoms with van der Waals surface area (Å²) in [7, 11) is 0. The topological polar surface area (TPSA) is 42.2 Å². The van der Waals surface area contributed by atoms with Gasteiger partial charge in [-0.05, 0) is 43.0 Å². The van der Waals surface area contributed by atoms with E-state index in [1.165, 1.54) is 5.56 Å². The van der Waals surface area contributed by atoms with Crippen LogP contribution in [0.25, 0.3) is 0 Å². The van der Waals surface area contributed by atoms with Gasteiger partial charge in [0.2, 0.25) is 0 Å². The van der Waals surface area contributed by atoms with Crippen molar-refractivity contribution in [2.45, 2.75) is 25.8 Å². The summed E-state index contributed by atoms with van der Waals surface area (Å²) in [5, 5.41) is 0. The number of aromatic nitrogens is 1. The maximum absolute atomic E-state index is 6.01. The first kappa shape index (κ1) is 11.6. The van der Waals surface area contributed by atoms with Crippen LogP contribution in [0.15, 0.2) is 24.5 Å². The van der Waals surface area contributed by atoms with Gasteiger partial charge in [0.1, 0.15) is 0 Å². The van der Waals surface area contributed by atoms with Crippen molar-refractivity contribution >= 4 is 0 Å². The van der Waals surface area contributed by atoms with Gasteiger partial charge < -0.3 is 10.6 Å². The molecular formula is C13H21N3. The van der Waals surface area contributed by atoms with Crippen LogP contribution in [-0.2, 0) is 6.42 Å². The SMILES string of the molecule is CC1CN(CCc2ccncc2)CCC1N. The Balaban J connectivity index is 1.79. The Hall–Kier alpha value is -0.930. The van der Waals surface area contributed by atoms with E-state index in [0.717, 1.165) is 32.5 Å². The van der Waals surface area contributed by atoms with Crippen LogP contribution in [0.1, 0.15) is 18.9 Å². The van der Waals surface area contributed by atoms with E-state index in [0.29, 0.717) is 12.0 Å². The molecule has 3 heteroatoms. The highest BCUT2D eigenvalue weighted by molar-refractivity contribution is 5.09. The molecule has 1 aliphatic heterocycles. The Bertz CT molecular complexity index is 312. The van der Waals surface area contributed by atoms with Crippen LogP contribution in [-0.4, -0.2) is 35.6 Å². The lowest BCUT2D eigenvalue weighted by Crippen LogP contribution is -2.46. The molecule has 0 spiro atoms. The zero-order valence-electron chi connectivity index (χ0n) is 9.97. The third kappa shape index (κ3) is 3.03. The molecule has 0 aromatic carbocycles. The molecule has 0 amide bonds.